The molecule has 2 rings (SSSR count). The fourth-order valence-electron chi connectivity index (χ4n) is 2.07. The number of aromatic nitrogens is 1. The molecule has 1 N–H and O–H groups in total. The van der Waals surface area contributed by atoms with Gasteiger partial charge in [0.2, 0.25) is 0 Å². The van der Waals surface area contributed by atoms with Crippen LogP contribution in [0.15, 0.2) is 18.2 Å². The van der Waals surface area contributed by atoms with Crippen LogP contribution in [0.5, 0.6) is 0 Å². The smallest absolute Gasteiger partial charge is 0.369 e. The van der Waals surface area contributed by atoms with Crippen LogP contribution in [0.25, 0.3) is 0 Å². The van der Waals surface area contributed by atoms with Crippen molar-refractivity contribution in [3.8, 4) is 0 Å². The number of pyridine rings is 1. The van der Waals surface area contributed by atoms with E-state index in [1.165, 1.54) is 12.1 Å². The van der Waals surface area contributed by atoms with Gasteiger partial charge < -0.3 is 5.32 Å². The SMILES string of the molecule is CS(=O)(=O)CC1(CNc2cccc(C(F)(F)F)n2)CC1. The molecule has 112 valence electrons. The lowest BCUT2D eigenvalue weighted by molar-refractivity contribution is -0.141. The van der Waals surface area contributed by atoms with Gasteiger partial charge in [-0.2, -0.15) is 13.2 Å². The predicted octanol–water partition coefficient (Wildman–Crippen LogP) is 2.34. The average Bonchev–Trinajstić information content (AvgIpc) is 3.04. The molecule has 8 heteroatoms. The first kappa shape index (κ1) is 15.1. The number of hydrogen-bond donors (Lipinski definition) is 1. The highest BCUT2D eigenvalue weighted by atomic mass is 32.2. The first-order chi connectivity index (χ1) is 9.10. The van der Waals surface area contributed by atoms with Crippen molar-refractivity contribution in [2.45, 2.75) is 19.0 Å². The molecule has 0 aliphatic heterocycles. The molecule has 0 amide bonds. The number of nitrogens with one attached hydrogen (secondary N) is 1. The summed E-state index contributed by atoms with van der Waals surface area (Å²) in [6, 6.07) is 3.61. The molecule has 1 aliphatic rings. The van der Waals surface area contributed by atoms with Gasteiger partial charge in [0, 0.05) is 18.2 Å². The highest BCUT2D eigenvalue weighted by Crippen LogP contribution is 2.46. The van der Waals surface area contributed by atoms with Crippen molar-refractivity contribution in [2.24, 2.45) is 5.41 Å². The third kappa shape index (κ3) is 4.09. The lowest BCUT2D eigenvalue weighted by atomic mass is 10.1. The summed E-state index contributed by atoms with van der Waals surface area (Å²) < 4.78 is 60.1. The summed E-state index contributed by atoms with van der Waals surface area (Å²) in [5, 5.41) is 2.81. The Labute approximate surface area is 115 Å². The Morgan fingerprint density at radius 2 is 2.00 bits per heavy atom. The van der Waals surface area contributed by atoms with Crippen molar-refractivity contribution in [3.05, 3.63) is 23.9 Å². The minimum atomic E-state index is -4.48. The van der Waals surface area contributed by atoms with E-state index in [-0.39, 0.29) is 17.0 Å². The van der Waals surface area contributed by atoms with Crippen molar-refractivity contribution < 1.29 is 21.6 Å². The third-order valence-corrected chi connectivity index (χ3v) is 4.35. The molecule has 1 heterocycles. The average molecular weight is 308 g/mol. The summed E-state index contributed by atoms with van der Waals surface area (Å²) >= 11 is 0. The number of nitrogens with zero attached hydrogens (tertiary/aromatic N) is 1. The molecule has 0 saturated heterocycles. The summed E-state index contributed by atoms with van der Waals surface area (Å²) in [7, 11) is -3.10. The van der Waals surface area contributed by atoms with E-state index in [2.05, 4.69) is 10.3 Å². The number of hydrogen-bond acceptors (Lipinski definition) is 4. The van der Waals surface area contributed by atoms with Crippen LogP contribution in [0.4, 0.5) is 19.0 Å². The van der Waals surface area contributed by atoms with Crippen molar-refractivity contribution in [2.75, 3.05) is 23.9 Å². The predicted molar refractivity (Wildman–Crippen MR) is 69.1 cm³/mol. The Balaban J connectivity index is 2.02. The second kappa shape index (κ2) is 4.91. The highest BCUT2D eigenvalue weighted by molar-refractivity contribution is 7.90. The maximum atomic E-state index is 12.5. The number of halogens is 3. The van der Waals surface area contributed by atoms with Crippen molar-refractivity contribution in [1.82, 2.24) is 4.98 Å². The van der Waals surface area contributed by atoms with Crippen LogP contribution in [0.1, 0.15) is 18.5 Å². The molecule has 0 atom stereocenters. The maximum Gasteiger partial charge on any atom is 0.433 e. The molecule has 1 fully saturated rings. The van der Waals surface area contributed by atoms with E-state index >= 15 is 0 Å². The number of sulfone groups is 1. The van der Waals surface area contributed by atoms with Crippen LogP contribution >= 0.6 is 0 Å². The first-order valence-corrected chi connectivity index (χ1v) is 8.12. The summed E-state index contributed by atoms with van der Waals surface area (Å²) in [6.45, 7) is 0.314. The number of rotatable bonds is 5. The molecule has 0 unspecified atom stereocenters. The van der Waals surface area contributed by atoms with Crippen LogP contribution < -0.4 is 5.32 Å². The fraction of sp³-hybridized carbons (Fsp3) is 0.583. The molecule has 0 spiro atoms. The van der Waals surface area contributed by atoms with Crippen LogP contribution in [-0.2, 0) is 16.0 Å². The van der Waals surface area contributed by atoms with Gasteiger partial charge in [0.05, 0.1) is 5.75 Å². The second-order valence-electron chi connectivity index (χ2n) is 5.33. The zero-order valence-corrected chi connectivity index (χ0v) is 11.7. The largest absolute Gasteiger partial charge is 0.433 e. The highest BCUT2D eigenvalue weighted by Gasteiger charge is 2.45. The molecule has 1 saturated carbocycles. The second-order valence-corrected chi connectivity index (χ2v) is 7.47. The van der Waals surface area contributed by atoms with Gasteiger partial charge in [0.1, 0.15) is 21.3 Å². The molecule has 1 aromatic heterocycles. The van der Waals surface area contributed by atoms with E-state index in [1.54, 1.807) is 0 Å². The minimum Gasteiger partial charge on any atom is -0.369 e. The Morgan fingerprint density at radius 1 is 1.35 bits per heavy atom. The van der Waals surface area contributed by atoms with Gasteiger partial charge in [0.15, 0.2) is 0 Å². The normalized spacial score (nSPS) is 17.8. The molecular weight excluding hydrogens is 293 g/mol. The monoisotopic (exact) mass is 308 g/mol. The van der Waals surface area contributed by atoms with Gasteiger partial charge in [-0.1, -0.05) is 6.07 Å². The van der Waals surface area contributed by atoms with Crippen molar-refractivity contribution in [1.29, 1.82) is 0 Å². The van der Waals surface area contributed by atoms with Crippen molar-refractivity contribution in [3.63, 3.8) is 0 Å². The van der Waals surface area contributed by atoms with Gasteiger partial charge in [0.25, 0.3) is 0 Å². The van der Waals surface area contributed by atoms with E-state index in [1.807, 2.05) is 0 Å². The number of anilines is 1. The number of alkyl halides is 3. The molecule has 0 aromatic carbocycles. The Hall–Kier alpha value is -1.31. The van der Waals surface area contributed by atoms with Gasteiger partial charge in [-0.05, 0) is 25.0 Å². The molecule has 4 nitrogen and oxygen atoms in total. The van der Waals surface area contributed by atoms with Crippen LogP contribution in [0.3, 0.4) is 0 Å². The zero-order valence-electron chi connectivity index (χ0n) is 10.9. The fourth-order valence-corrected chi connectivity index (χ4v) is 3.58. The van der Waals surface area contributed by atoms with Crippen LogP contribution in [-0.4, -0.2) is 32.0 Å². The standard InChI is InChI=1S/C12H15F3N2O2S/c1-20(18,19)8-11(5-6-11)7-16-10-4-2-3-9(17-10)12(13,14)15/h2-4H,5-8H2,1H3,(H,16,17). The molecule has 20 heavy (non-hydrogen) atoms. The Morgan fingerprint density at radius 3 is 2.50 bits per heavy atom. The van der Waals surface area contributed by atoms with Gasteiger partial charge >= 0.3 is 6.18 Å². The van der Waals surface area contributed by atoms with Crippen LogP contribution in [0.2, 0.25) is 0 Å². The van der Waals surface area contributed by atoms with Crippen LogP contribution in [0, 0.1) is 5.41 Å². The minimum absolute atomic E-state index is 0.0476. The van der Waals surface area contributed by atoms with Gasteiger partial charge in [-0.3, -0.25) is 0 Å². The Bertz CT molecular complexity index is 595. The van der Waals surface area contributed by atoms with E-state index in [9.17, 15) is 21.6 Å². The van der Waals surface area contributed by atoms with E-state index in [0.29, 0.717) is 6.54 Å². The summed E-state index contributed by atoms with van der Waals surface area (Å²) in [6.07, 6.45) is -1.81. The van der Waals surface area contributed by atoms with E-state index < -0.39 is 21.7 Å². The molecule has 0 bridgehead atoms. The third-order valence-electron chi connectivity index (χ3n) is 3.21. The Kier molecular flexibility index (Phi) is 3.70. The summed E-state index contributed by atoms with van der Waals surface area (Å²) in [5.74, 6) is 0.158. The summed E-state index contributed by atoms with van der Waals surface area (Å²) in [4.78, 5) is 3.49. The lowest BCUT2D eigenvalue weighted by Gasteiger charge is -2.16. The van der Waals surface area contributed by atoms with Crippen molar-refractivity contribution >= 4 is 15.7 Å². The zero-order chi connectivity index (χ0) is 15.0. The molecule has 1 aromatic rings. The quantitative estimate of drug-likeness (QED) is 0.907. The lowest BCUT2D eigenvalue weighted by Crippen LogP contribution is -2.24. The topological polar surface area (TPSA) is 59.1 Å². The molecule has 0 radical (unpaired) electrons. The summed E-state index contributed by atoms with van der Waals surface area (Å²) in [5.41, 5.74) is -1.32. The molecular formula is C12H15F3N2O2S. The first-order valence-electron chi connectivity index (χ1n) is 6.06. The molecule has 1 aliphatic carbocycles. The van der Waals surface area contributed by atoms with E-state index in [0.717, 1.165) is 25.2 Å². The van der Waals surface area contributed by atoms with Gasteiger partial charge in [-0.25, -0.2) is 13.4 Å². The van der Waals surface area contributed by atoms with Gasteiger partial charge in [-0.15, -0.1) is 0 Å². The maximum absolute atomic E-state index is 12.5. The van der Waals surface area contributed by atoms with E-state index in [4.69, 9.17) is 0 Å².